The van der Waals surface area contributed by atoms with Crippen LogP contribution in [0.2, 0.25) is 0 Å². The number of para-hydroxylation sites is 3. The van der Waals surface area contributed by atoms with Gasteiger partial charge in [0.05, 0.1) is 25.8 Å². The molecule has 4 rings (SSSR count). The molecule has 1 aliphatic heterocycles. The van der Waals surface area contributed by atoms with Crippen molar-refractivity contribution in [2.75, 3.05) is 37.5 Å². The number of ether oxygens (including phenoxy) is 2. The zero-order valence-electron chi connectivity index (χ0n) is 19.0. The predicted octanol–water partition coefficient (Wildman–Crippen LogP) is 3.77. The Bertz CT molecular complexity index is 1090. The lowest BCUT2D eigenvalue weighted by Crippen LogP contribution is -2.43. The lowest BCUT2D eigenvalue weighted by molar-refractivity contribution is -0.125. The van der Waals surface area contributed by atoms with Crippen molar-refractivity contribution in [3.8, 4) is 11.5 Å². The number of nitrogens with zero attached hydrogens (tertiary/aromatic N) is 3. The summed E-state index contributed by atoms with van der Waals surface area (Å²) < 4.78 is 10.8. The van der Waals surface area contributed by atoms with Gasteiger partial charge >= 0.3 is 0 Å². The van der Waals surface area contributed by atoms with Crippen molar-refractivity contribution >= 4 is 23.4 Å². The topological polar surface area (TPSA) is 88.6 Å². The number of benzene rings is 2. The molecule has 8 heteroatoms. The summed E-state index contributed by atoms with van der Waals surface area (Å²) in [5.41, 5.74) is 1.79. The van der Waals surface area contributed by atoms with E-state index in [-0.39, 0.29) is 11.8 Å². The minimum Gasteiger partial charge on any atom is -0.496 e. The average Bonchev–Trinajstić information content (AvgIpc) is 2.88. The molecule has 0 aliphatic carbocycles. The van der Waals surface area contributed by atoms with E-state index in [0.29, 0.717) is 24.9 Å². The highest BCUT2D eigenvalue weighted by Crippen LogP contribution is 2.27. The van der Waals surface area contributed by atoms with E-state index in [1.807, 2.05) is 54.6 Å². The molecular weight excluding hydrogens is 418 g/mol. The van der Waals surface area contributed by atoms with E-state index >= 15 is 0 Å². The third-order valence-electron chi connectivity index (χ3n) is 5.73. The highest BCUT2D eigenvalue weighted by molar-refractivity contribution is 5.79. The molecule has 33 heavy (non-hydrogen) atoms. The number of piperidine rings is 1. The van der Waals surface area contributed by atoms with E-state index in [1.165, 1.54) is 0 Å². The molecule has 172 valence electrons. The molecular formula is C25H29N5O3. The van der Waals surface area contributed by atoms with Gasteiger partial charge in [0.1, 0.15) is 17.3 Å². The van der Waals surface area contributed by atoms with Gasteiger partial charge in [0.2, 0.25) is 11.9 Å². The molecule has 2 aromatic carbocycles. The minimum atomic E-state index is -0.122. The number of methoxy groups -OCH3 is 2. The Balaban J connectivity index is 1.40. The maximum Gasteiger partial charge on any atom is 0.227 e. The second kappa shape index (κ2) is 10.7. The molecule has 0 spiro atoms. The van der Waals surface area contributed by atoms with Gasteiger partial charge < -0.3 is 25.0 Å². The fourth-order valence-corrected chi connectivity index (χ4v) is 4.00. The Labute approximate surface area is 194 Å². The van der Waals surface area contributed by atoms with Crippen LogP contribution in [0.25, 0.3) is 0 Å². The minimum absolute atomic E-state index is 0.0360. The summed E-state index contributed by atoms with van der Waals surface area (Å²) in [5.74, 6) is 2.71. The number of nitrogens with one attached hydrogen (secondary N) is 2. The normalized spacial score (nSPS) is 15.6. The molecule has 2 N–H and O–H groups in total. The van der Waals surface area contributed by atoms with Crippen LogP contribution in [0.5, 0.6) is 11.5 Å². The van der Waals surface area contributed by atoms with Crippen molar-refractivity contribution in [3.05, 3.63) is 66.4 Å². The summed E-state index contributed by atoms with van der Waals surface area (Å²) in [4.78, 5) is 24.1. The monoisotopic (exact) mass is 447 g/mol. The Morgan fingerprint density at radius 2 is 1.82 bits per heavy atom. The van der Waals surface area contributed by atoms with Crippen LogP contribution < -0.4 is 25.0 Å². The predicted molar refractivity (Wildman–Crippen MR) is 128 cm³/mol. The van der Waals surface area contributed by atoms with Gasteiger partial charge in [-0.15, -0.1) is 0 Å². The van der Waals surface area contributed by atoms with Gasteiger partial charge in [0.25, 0.3) is 0 Å². The van der Waals surface area contributed by atoms with Gasteiger partial charge in [-0.05, 0) is 37.1 Å². The quantitative estimate of drug-likeness (QED) is 0.543. The smallest absolute Gasteiger partial charge is 0.227 e. The van der Waals surface area contributed by atoms with Gasteiger partial charge in [-0.25, -0.2) is 4.98 Å². The zero-order chi connectivity index (χ0) is 23.0. The van der Waals surface area contributed by atoms with E-state index in [2.05, 4.69) is 25.5 Å². The third-order valence-corrected chi connectivity index (χ3v) is 5.73. The van der Waals surface area contributed by atoms with Crippen molar-refractivity contribution in [2.45, 2.75) is 19.4 Å². The summed E-state index contributed by atoms with van der Waals surface area (Å²) in [6.45, 7) is 1.83. The molecule has 0 bridgehead atoms. The van der Waals surface area contributed by atoms with Crippen LogP contribution in [0.1, 0.15) is 18.4 Å². The molecule has 2 heterocycles. The molecule has 1 unspecified atom stereocenters. The first-order valence-corrected chi connectivity index (χ1v) is 11.1. The summed E-state index contributed by atoms with van der Waals surface area (Å²) in [6.07, 6.45) is 3.47. The van der Waals surface area contributed by atoms with Crippen molar-refractivity contribution in [1.82, 2.24) is 15.3 Å². The lowest BCUT2D eigenvalue weighted by Gasteiger charge is -2.32. The first-order chi connectivity index (χ1) is 16.2. The molecule has 1 amide bonds. The maximum absolute atomic E-state index is 12.9. The van der Waals surface area contributed by atoms with Crippen molar-refractivity contribution < 1.29 is 14.3 Å². The van der Waals surface area contributed by atoms with Crippen LogP contribution in [0.4, 0.5) is 17.5 Å². The second-order valence-corrected chi connectivity index (χ2v) is 7.88. The van der Waals surface area contributed by atoms with Crippen LogP contribution in [0.15, 0.2) is 60.8 Å². The number of amides is 1. The van der Waals surface area contributed by atoms with Gasteiger partial charge in [0, 0.05) is 31.4 Å². The van der Waals surface area contributed by atoms with Crippen LogP contribution in [-0.4, -0.2) is 43.2 Å². The highest BCUT2D eigenvalue weighted by Gasteiger charge is 2.27. The van der Waals surface area contributed by atoms with Crippen molar-refractivity contribution in [2.24, 2.45) is 5.92 Å². The molecule has 0 radical (unpaired) electrons. The Hall–Kier alpha value is -3.81. The van der Waals surface area contributed by atoms with Gasteiger partial charge in [-0.3, -0.25) is 4.79 Å². The number of hydrogen-bond donors (Lipinski definition) is 2. The molecule has 0 saturated carbocycles. The van der Waals surface area contributed by atoms with E-state index in [0.717, 1.165) is 42.1 Å². The zero-order valence-corrected chi connectivity index (χ0v) is 19.0. The molecule has 1 aromatic heterocycles. The van der Waals surface area contributed by atoms with Crippen LogP contribution in [0.3, 0.4) is 0 Å². The van der Waals surface area contributed by atoms with Gasteiger partial charge in [-0.2, -0.15) is 4.98 Å². The van der Waals surface area contributed by atoms with E-state index in [4.69, 9.17) is 9.47 Å². The fourth-order valence-electron chi connectivity index (χ4n) is 4.00. The number of rotatable bonds is 8. The van der Waals surface area contributed by atoms with E-state index in [9.17, 15) is 4.79 Å². The third kappa shape index (κ3) is 5.52. The largest absolute Gasteiger partial charge is 0.496 e. The molecule has 1 aliphatic rings. The van der Waals surface area contributed by atoms with E-state index < -0.39 is 0 Å². The average molecular weight is 448 g/mol. The molecule has 1 saturated heterocycles. The Morgan fingerprint density at radius 1 is 1.06 bits per heavy atom. The van der Waals surface area contributed by atoms with Crippen LogP contribution >= 0.6 is 0 Å². The van der Waals surface area contributed by atoms with Gasteiger partial charge in [-0.1, -0.05) is 30.3 Å². The summed E-state index contributed by atoms with van der Waals surface area (Å²) >= 11 is 0. The summed E-state index contributed by atoms with van der Waals surface area (Å²) in [6, 6.07) is 17.2. The second-order valence-electron chi connectivity index (χ2n) is 7.88. The maximum atomic E-state index is 12.9. The standard InChI is InChI=1S/C25H29N5O3/c1-32-21-11-5-3-8-18(21)16-27-24(31)19-9-7-15-30(17-19)25-26-14-13-23(29-25)28-20-10-4-6-12-22(20)33-2/h3-6,8,10-14,19H,7,9,15-17H2,1-2H3,(H,27,31)(H,26,28,29). The first-order valence-electron chi connectivity index (χ1n) is 11.1. The number of aromatic nitrogens is 2. The lowest BCUT2D eigenvalue weighted by atomic mass is 9.97. The summed E-state index contributed by atoms with van der Waals surface area (Å²) in [7, 11) is 3.27. The number of carbonyl (C=O) groups is 1. The molecule has 8 nitrogen and oxygen atoms in total. The van der Waals surface area contributed by atoms with E-state index in [1.54, 1.807) is 20.4 Å². The summed E-state index contributed by atoms with van der Waals surface area (Å²) in [5, 5.41) is 6.35. The SMILES string of the molecule is COc1ccccc1CNC(=O)C1CCCN(c2nccc(Nc3ccccc3OC)n2)C1. The van der Waals surface area contributed by atoms with Gasteiger partial charge in [0.15, 0.2) is 0 Å². The fraction of sp³-hybridized carbons (Fsp3) is 0.320. The first kappa shape index (κ1) is 22.4. The highest BCUT2D eigenvalue weighted by atomic mass is 16.5. The van der Waals surface area contributed by atoms with Crippen molar-refractivity contribution in [3.63, 3.8) is 0 Å². The number of carbonyl (C=O) groups excluding carboxylic acids is 1. The molecule has 1 atom stereocenters. The van der Waals surface area contributed by atoms with Crippen LogP contribution in [0, 0.1) is 5.92 Å². The molecule has 1 fully saturated rings. The van der Waals surface area contributed by atoms with Crippen molar-refractivity contribution in [1.29, 1.82) is 0 Å². The Morgan fingerprint density at radius 3 is 2.64 bits per heavy atom. The number of hydrogen-bond acceptors (Lipinski definition) is 7. The number of anilines is 3. The molecule has 3 aromatic rings. The Kier molecular flexibility index (Phi) is 7.24. The van der Waals surface area contributed by atoms with Crippen LogP contribution in [-0.2, 0) is 11.3 Å².